The molecule has 1 atom stereocenters. The number of aryl methyl sites for hydroxylation is 1. The van der Waals surface area contributed by atoms with Gasteiger partial charge in [-0.25, -0.2) is 13.8 Å². The lowest BCUT2D eigenvalue weighted by atomic mass is 9.82. The average molecular weight is 442 g/mol. The van der Waals surface area contributed by atoms with E-state index in [4.69, 9.17) is 17.3 Å². The van der Waals surface area contributed by atoms with Crippen LogP contribution < -0.4 is 5.73 Å². The van der Waals surface area contributed by atoms with Crippen molar-refractivity contribution in [3.63, 3.8) is 0 Å². The molecule has 0 bridgehead atoms. The Hall–Kier alpha value is -3.39. The zero-order chi connectivity index (χ0) is 22.3. The van der Waals surface area contributed by atoms with E-state index < -0.39 is 17.9 Å². The number of nitrogens with zero attached hydrogens (tertiary/aromatic N) is 4. The third-order valence-corrected chi connectivity index (χ3v) is 5.52. The zero-order valence-corrected chi connectivity index (χ0v) is 17.4. The van der Waals surface area contributed by atoms with Gasteiger partial charge in [-0.05, 0) is 48.4 Å². The molecular weight excluding hydrogens is 424 g/mol. The number of aliphatic imine (C=N–C) groups is 1. The van der Waals surface area contributed by atoms with Crippen LogP contribution in [0.5, 0.6) is 0 Å². The Morgan fingerprint density at radius 2 is 1.94 bits per heavy atom. The summed E-state index contributed by atoms with van der Waals surface area (Å²) in [5.41, 5.74) is 6.83. The molecule has 2 N–H and O–H groups in total. The highest BCUT2D eigenvalue weighted by molar-refractivity contribution is 6.31. The summed E-state index contributed by atoms with van der Waals surface area (Å²) in [6, 6.07) is 9.97. The van der Waals surface area contributed by atoms with Crippen molar-refractivity contribution in [2.75, 3.05) is 7.05 Å². The predicted molar refractivity (Wildman–Crippen MR) is 114 cm³/mol. The molecule has 3 aromatic rings. The Morgan fingerprint density at radius 1 is 1.16 bits per heavy atom. The van der Waals surface area contributed by atoms with Crippen molar-refractivity contribution in [3.05, 3.63) is 82.4 Å². The molecule has 0 spiro atoms. The Bertz CT molecular complexity index is 1220. The maximum atomic E-state index is 13.4. The Morgan fingerprint density at radius 3 is 2.58 bits per heavy atom. The number of hydrogen-bond donors (Lipinski definition) is 1. The van der Waals surface area contributed by atoms with Gasteiger partial charge in [-0.3, -0.25) is 19.7 Å². The number of benzene rings is 1. The van der Waals surface area contributed by atoms with Gasteiger partial charge in [-0.2, -0.15) is 0 Å². The number of nitrogens with two attached hydrogens (primary N) is 1. The molecule has 0 saturated heterocycles. The van der Waals surface area contributed by atoms with Gasteiger partial charge in [0.05, 0.1) is 0 Å². The van der Waals surface area contributed by atoms with Crippen LogP contribution in [0.3, 0.4) is 0 Å². The Kier molecular flexibility index (Phi) is 5.18. The molecule has 1 aromatic carbocycles. The summed E-state index contributed by atoms with van der Waals surface area (Å²) in [6.07, 6.45) is 1.32. The first kappa shape index (κ1) is 20.9. The lowest BCUT2D eigenvalue weighted by Gasteiger charge is -2.27. The van der Waals surface area contributed by atoms with E-state index in [9.17, 15) is 13.6 Å². The second-order valence-electron chi connectivity index (χ2n) is 7.22. The number of amides is 1. The number of guanidine groups is 1. The van der Waals surface area contributed by atoms with Crippen LogP contribution in [-0.2, 0) is 10.3 Å². The van der Waals surface area contributed by atoms with E-state index in [1.54, 1.807) is 30.5 Å². The molecule has 6 nitrogen and oxygen atoms in total. The number of halogens is 3. The Balaban J connectivity index is 2.00. The van der Waals surface area contributed by atoms with Crippen molar-refractivity contribution in [1.29, 1.82) is 0 Å². The Labute approximate surface area is 182 Å². The summed E-state index contributed by atoms with van der Waals surface area (Å²) >= 11 is 6.42. The first-order valence-corrected chi connectivity index (χ1v) is 9.72. The van der Waals surface area contributed by atoms with Crippen molar-refractivity contribution in [1.82, 2.24) is 14.9 Å². The minimum atomic E-state index is -2.76. The summed E-state index contributed by atoms with van der Waals surface area (Å²) in [7, 11) is 1.48. The van der Waals surface area contributed by atoms with E-state index >= 15 is 0 Å². The van der Waals surface area contributed by atoms with Crippen LogP contribution in [0.15, 0.2) is 60.0 Å². The maximum absolute atomic E-state index is 13.4. The molecule has 0 fully saturated rings. The highest BCUT2D eigenvalue weighted by Crippen LogP contribution is 2.42. The van der Waals surface area contributed by atoms with Gasteiger partial charge in [0, 0.05) is 53.0 Å². The summed E-state index contributed by atoms with van der Waals surface area (Å²) in [6.45, 7) is 1.85. The molecule has 158 valence electrons. The predicted octanol–water partition coefficient (Wildman–Crippen LogP) is 4.07. The summed E-state index contributed by atoms with van der Waals surface area (Å²) < 4.78 is 26.8. The standard InChI is InChI=1S/C22H18ClF2N5O/c1-12-18(4-3-5-28-12)13-6-15(9-17(23)8-13)22(20(31)30(2)21(26)29-22)16-7-14(19(24)25)10-27-11-16/h3-11,19H,1-2H3,(H2,26,29). The third kappa shape index (κ3) is 3.42. The molecular formula is C22H18ClF2N5O. The van der Waals surface area contributed by atoms with Gasteiger partial charge in [-0.15, -0.1) is 0 Å². The normalized spacial score (nSPS) is 18.6. The van der Waals surface area contributed by atoms with Gasteiger partial charge in [0.2, 0.25) is 0 Å². The van der Waals surface area contributed by atoms with Crippen molar-refractivity contribution in [3.8, 4) is 11.1 Å². The second-order valence-corrected chi connectivity index (χ2v) is 7.65. The molecule has 0 aliphatic carbocycles. The summed E-state index contributed by atoms with van der Waals surface area (Å²) in [5, 5.41) is 0.351. The molecule has 1 unspecified atom stereocenters. The van der Waals surface area contributed by atoms with E-state index in [2.05, 4.69) is 15.0 Å². The van der Waals surface area contributed by atoms with Crippen LogP contribution in [0.4, 0.5) is 8.78 Å². The fourth-order valence-corrected chi connectivity index (χ4v) is 3.94. The molecule has 1 aliphatic heterocycles. The number of likely N-dealkylation sites (N-methyl/N-ethyl adjacent to an activating group) is 1. The number of carbonyl (C=O) groups is 1. The molecule has 2 aromatic heterocycles. The maximum Gasteiger partial charge on any atom is 0.266 e. The number of hydrogen-bond acceptors (Lipinski definition) is 5. The van der Waals surface area contributed by atoms with E-state index in [-0.39, 0.29) is 17.1 Å². The van der Waals surface area contributed by atoms with Crippen molar-refractivity contribution < 1.29 is 13.6 Å². The summed E-state index contributed by atoms with van der Waals surface area (Å²) in [4.78, 5) is 27.2. The van der Waals surface area contributed by atoms with Crippen LogP contribution in [0.25, 0.3) is 11.1 Å². The van der Waals surface area contributed by atoms with Crippen LogP contribution >= 0.6 is 11.6 Å². The number of aromatic nitrogens is 2. The molecule has 4 rings (SSSR count). The lowest BCUT2D eigenvalue weighted by Crippen LogP contribution is -2.41. The number of alkyl halides is 2. The smallest absolute Gasteiger partial charge is 0.266 e. The van der Waals surface area contributed by atoms with Gasteiger partial charge in [0.1, 0.15) is 0 Å². The van der Waals surface area contributed by atoms with Crippen molar-refractivity contribution in [2.24, 2.45) is 10.7 Å². The van der Waals surface area contributed by atoms with Crippen molar-refractivity contribution in [2.45, 2.75) is 18.9 Å². The van der Waals surface area contributed by atoms with Crippen molar-refractivity contribution >= 4 is 23.5 Å². The van der Waals surface area contributed by atoms with E-state index in [1.807, 2.05) is 13.0 Å². The van der Waals surface area contributed by atoms with E-state index in [0.29, 0.717) is 16.1 Å². The number of rotatable bonds is 4. The fraction of sp³-hybridized carbons (Fsp3) is 0.182. The second kappa shape index (κ2) is 7.70. The minimum Gasteiger partial charge on any atom is -0.369 e. The molecule has 1 aliphatic rings. The van der Waals surface area contributed by atoms with Gasteiger partial charge in [-0.1, -0.05) is 17.7 Å². The first-order chi connectivity index (χ1) is 14.7. The van der Waals surface area contributed by atoms with E-state index in [1.165, 1.54) is 24.2 Å². The van der Waals surface area contributed by atoms with Crippen LogP contribution in [0.2, 0.25) is 5.02 Å². The van der Waals surface area contributed by atoms with Crippen LogP contribution in [0.1, 0.15) is 28.8 Å². The fourth-order valence-electron chi connectivity index (χ4n) is 3.70. The number of pyridine rings is 2. The summed E-state index contributed by atoms with van der Waals surface area (Å²) in [5.74, 6) is -0.527. The molecule has 0 radical (unpaired) electrons. The topological polar surface area (TPSA) is 84.5 Å². The highest BCUT2D eigenvalue weighted by Gasteiger charge is 2.50. The molecule has 1 amide bonds. The monoisotopic (exact) mass is 441 g/mol. The number of carbonyl (C=O) groups excluding carboxylic acids is 1. The van der Waals surface area contributed by atoms with Crippen LogP contribution in [0, 0.1) is 6.92 Å². The SMILES string of the molecule is Cc1ncccc1-c1cc(Cl)cc(C2(c3cncc(C(F)F)c3)N=C(N)N(C)C2=O)c1. The van der Waals surface area contributed by atoms with Gasteiger partial charge in [0.25, 0.3) is 12.3 Å². The zero-order valence-electron chi connectivity index (χ0n) is 16.7. The molecule has 31 heavy (non-hydrogen) atoms. The van der Waals surface area contributed by atoms with Gasteiger partial charge in [0.15, 0.2) is 11.5 Å². The third-order valence-electron chi connectivity index (χ3n) is 5.30. The van der Waals surface area contributed by atoms with Crippen LogP contribution in [-0.4, -0.2) is 33.8 Å². The molecule has 3 heterocycles. The minimum absolute atomic E-state index is 0.0356. The average Bonchev–Trinajstić information content (AvgIpc) is 2.98. The lowest BCUT2D eigenvalue weighted by molar-refractivity contribution is -0.129. The quantitative estimate of drug-likeness (QED) is 0.661. The first-order valence-electron chi connectivity index (χ1n) is 9.34. The largest absolute Gasteiger partial charge is 0.369 e. The van der Waals surface area contributed by atoms with Gasteiger partial charge < -0.3 is 5.73 Å². The molecule has 9 heteroatoms. The van der Waals surface area contributed by atoms with E-state index in [0.717, 1.165) is 17.5 Å². The highest BCUT2D eigenvalue weighted by atomic mass is 35.5. The van der Waals surface area contributed by atoms with Gasteiger partial charge >= 0.3 is 0 Å². The molecule has 0 saturated carbocycles.